The second-order valence-corrected chi connectivity index (χ2v) is 20.2. The van der Waals surface area contributed by atoms with Crippen molar-refractivity contribution < 1.29 is 23.9 Å². The second-order valence-electron chi connectivity index (χ2n) is 18.5. The summed E-state index contributed by atoms with van der Waals surface area (Å²) in [6.45, 7) is 11.1. The number of ether oxygens (including phenoxy) is 1. The first kappa shape index (κ1) is 49.3. The highest BCUT2D eigenvalue weighted by Gasteiger charge is 2.42. The van der Waals surface area contributed by atoms with E-state index in [1.807, 2.05) is 87.2 Å². The highest BCUT2D eigenvalue weighted by atomic mass is 32.1. The topological polar surface area (TPSA) is 210 Å². The molecule has 67 heavy (non-hydrogen) atoms. The summed E-state index contributed by atoms with van der Waals surface area (Å²) in [7, 11) is 0. The lowest BCUT2D eigenvalue weighted by Gasteiger charge is -2.35. The van der Waals surface area contributed by atoms with Crippen LogP contribution in [0.5, 0.6) is 0 Å². The molecule has 19 heteroatoms. The van der Waals surface area contributed by atoms with E-state index in [0.29, 0.717) is 76.7 Å². The minimum Gasteiger partial charge on any atom is -0.378 e. The van der Waals surface area contributed by atoms with Crippen LogP contribution >= 0.6 is 22.7 Å². The summed E-state index contributed by atoms with van der Waals surface area (Å²) in [4.78, 5) is 70.5. The van der Waals surface area contributed by atoms with Gasteiger partial charge >= 0.3 is 0 Å². The predicted molar refractivity (Wildman–Crippen MR) is 259 cm³/mol. The van der Waals surface area contributed by atoms with Gasteiger partial charge in [-0.05, 0) is 61.3 Å². The van der Waals surface area contributed by atoms with Gasteiger partial charge in [-0.15, -0.1) is 27.8 Å². The molecule has 0 spiro atoms. The molecule has 0 radical (unpaired) electrons. The summed E-state index contributed by atoms with van der Waals surface area (Å²) in [6.07, 6.45) is 10.3. The largest absolute Gasteiger partial charge is 0.378 e. The number of benzene rings is 1. The average Bonchev–Trinajstić information content (AvgIpc) is 4.17. The molecule has 4 aromatic heterocycles. The molecular formula is C48H64N12O5S2. The number of anilines is 2. The maximum absolute atomic E-state index is 14.0. The van der Waals surface area contributed by atoms with Gasteiger partial charge in [-0.1, -0.05) is 75.6 Å². The second kappa shape index (κ2) is 23.4. The lowest BCUT2D eigenvalue weighted by Crippen LogP contribution is -2.57. The Labute approximate surface area is 400 Å². The summed E-state index contributed by atoms with van der Waals surface area (Å²) in [5.74, 6) is 0.0575. The number of hydrogen-bond acceptors (Lipinski definition) is 14. The quantitative estimate of drug-likeness (QED) is 0.0510. The van der Waals surface area contributed by atoms with Gasteiger partial charge in [0.25, 0.3) is 0 Å². The molecule has 1 saturated carbocycles. The van der Waals surface area contributed by atoms with Gasteiger partial charge < -0.3 is 36.2 Å². The van der Waals surface area contributed by atoms with Crippen molar-refractivity contribution in [2.24, 2.45) is 10.8 Å². The van der Waals surface area contributed by atoms with Crippen LogP contribution in [0.4, 0.5) is 10.9 Å². The number of rotatable bonds is 22. The van der Waals surface area contributed by atoms with E-state index in [0.717, 1.165) is 64.6 Å². The van der Waals surface area contributed by atoms with Crippen LogP contribution in [0.25, 0.3) is 10.4 Å². The normalized spacial score (nSPS) is 16.4. The zero-order chi connectivity index (χ0) is 47.2. The van der Waals surface area contributed by atoms with E-state index in [2.05, 4.69) is 46.9 Å². The zero-order valence-corrected chi connectivity index (χ0v) is 40.6. The van der Waals surface area contributed by atoms with Crippen LogP contribution in [0.2, 0.25) is 0 Å². The SMILES string of the molecule is Cc1ncsc1-c1ccc(CNC(=O)[C@@H]2CCCN2C(=O)C(NC(=O)CCNCCOCCn2cc(CNC(=O)C3(Cc4cccc(Nc5nccs5)n4)CCCCC3)nn2)C(C)(C)C)cc1. The molecule has 17 nitrogen and oxygen atoms in total. The average molecular weight is 953 g/mol. The molecule has 7 rings (SSSR count). The zero-order valence-electron chi connectivity index (χ0n) is 39.0. The van der Waals surface area contributed by atoms with Gasteiger partial charge in [-0.2, -0.15) is 0 Å². The van der Waals surface area contributed by atoms with Gasteiger partial charge in [-0.3, -0.25) is 19.2 Å². The molecule has 1 saturated heterocycles. The third kappa shape index (κ3) is 13.7. The van der Waals surface area contributed by atoms with Crippen molar-refractivity contribution in [3.05, 3.63) is 88.4 Å². The number of nitrogens with one attached hydrogen (secondary N) is 5. The molecule has 1 aromatic carbocycles. The molecule has 5 N–H and O–H groups in total. The summed E-state index contributed by atoms with van der Waals surface area (Å²) in [6, 6.07) is 12.5. The standard InChI is InChI=1S/C48H64N12O5S2/c1-33-41(67-32-53-33)35-15-13-34(14-16-35)29-51-43(62)38-11-9-23-60(38)44(63)42(47(2,3)4)56-40(61)17-20-49-21-25-65-26-24-59-31-37(57-58-59)30-52-45(64)48(18-6-5-7-19-48)28-36-10-8-12-39(54-36)55-46-50-22-27-66-46/h8,10,12-16,22,27,31-32,38,42,49H,5-7,9,11,17-21,23-26,28-30H2,1-4H3,(H,51,62)(H,52,64)(H,56,61)(H,50,54,55)/t38-,42?/m0/s1. The van der Waals surface area contributed by atoms with E-state index in [4.69, 9.17) is 9.72 Å². The van der Waals surface area contributed by atoms with Crippen molar-refractivity contribution in [1.29, 1.82) is 0 Å². The number of carbonyl (C=O) groups is 4. The molecule has 2 aliphatic rings. The molecular weight excluding hydrogens is 889 g/mol. The van der Waals surface area contributed by atoms with Crippen LogP contribution in [0.15, 0.2) is 65.7 Å². The van der Waals surface area contributed by atoms with Crippen molar-refractivity contribution in [2.75, 3.05) is 38.2 Å². The molecule has 4 amide bonds. The number of thiazole rings is 2. The summed E-state index contributed by atoms with van der Waals surface area (Å²) in [5.41, 5.74) is 5.32. The van der Waals surface area contributed by atoms with Crippen LogP contribution < -0.4 is 26.6 Å². The fourth-order valence-corrected chi connectivity index (χ4v) is 10.1. The maximum atomic E-state index is 14.0. The third-order valence-corrected chi connectivity index (χ3v) is 14.1. The fraction of sp³-hybridized carbons (Fsp3) is 0.521. The molecule has 5 aromatic rings. The number of nitrogens with zero attached hydrogens (tertiary/aromatic N) is 7. The number of likely N-dealkylation sites (tertiary alicyclic amines) is 1. The third-order valence-electron chi connectivity index (χ3n) is 12.4. The molecule has 1 aliphatic carbocycles. The van der Waals surface area contributed by atoms with Crippen LogP contribution in [0.1, 0.15) is 94.8 Å². The molecule has 358 valence electrons. The Morgan fingerprint density at radius 2 is 1.75 bits per heavy atom. The molecule has 1 aliphatic heterocycles. The van der Waals surface area contributed by atoms with Crippen molar-refractivity contribution in [3.63, 3.8) is 0 Å². The van der Waals surface area contributed by atoms with E-state index in [-0.39, 0.29) is 36.6 Å². The van der Waals surface area contributed by atoms with E-state index in [1.165, 1.54) is 11.3 Å². The number of carbonyl (C=O) groups excluding carboxylic acids is 4. The van der Waals surface area contributed by atoms with Gasteiger partial charge in [0.1, 0.15) is 23.6 Å². The Morgan fingerprint density at radius 3 is 2.49 bits per heavy atom. The van der Waals surface area contributed by atoms with Crippen LogP contribution in [0, 0.1) is 17.8 Å². The minimum absolute atomic E-state index is 0.0203. The van der Waals surface area contributed by atoms with Gasteiger partial charge in [0, 0.05) is 56.3 Å². The fourth-order valence-electron chi connectivity index (χ4n) is 8.73. The summed E-state index contributed by atoms with van der Waals surface area (Å²) in [5, 5.41) is 26.8. The van der Waals surface area contributed by atoms with Crippen molar-refractivity contribution >= 4 is 57.3 Å². The number of amides is 4. The van der Waals surface area contributed by atoms with E-state index in [1.54, 1.807) is 27.1 Å². The number of aromatic nitrogens is 6. The predicted octanol–water partition coefficient (Wildman–Crippen LogP) is 5.95. The van der Waals surface area contributed by atoms with Crippen molar-refractivity contribution in [2.45, 2.75) is 117 Å². The van der Waals surface area contributed by atoms with E-state index in [9.17, 15) is 19.2 Å². The van der Waals surface area contributed by atoms with E-state index < -0.39 is 22.9 Å². The Hall–Kier alpha value is -5.63. The Balaban J connectivity index is 0.778. The van der Waals surface area contributed by atoms with Gasteiger partial charge in [0.2, 0.25) is 23.6 Å². The van der Waals surface area contributed by atoms with Gasteiger partial charge in [0.15, 0.2) is 5.13 Å². The summed E-state index contributed by atoms with van der Waals surface area (Å²) < 4.78 is 7.52. The van der Waals surface area contributed by atoms with Crippen LogP contribution in [-0.4, -0.2) is 103 Å². The lowest BCUT2D eigenvalue weighted by molar-refractivity contribution is -0.143. The Morgan fingerprint density at radius 1 is 0.925 bits per heavy atom. The Kier molecular flexibility index (Phi) is 17.2. The number of pyridine rings is 1. The van der Waals surface area contributed by atoms with Gasteiger partial charge in [-0.25, -0.2) is 19.6 Å². The molecule has 2 atom stereocenters. The highest BCUT2D eigenvalue weighted by Crippen LogP contribution is 2.40. The first-order chi connectivity index (χ1) is 32.4. The minimum atomic E-state index is -0.786. The highest BCUT2D eigenvalue weighted by molar-refractivity contribution is 7.13. The number of aryl methyl sites for hydroxylation is 1. The van der Waals surface area contributed by atoms with Crippen molar-refractivity contribution in [1.82, 2.24) is 56.1 Å². The number of hydrogen-bond donors (Lipinski definition) is 5. The van der Waals surface area contributed by atoms with Crippen LogP contribution in [-0.2, 0) is 50.0 Å². The Bertz CT molecular complexity index is 2390. The summed E-state index contributed by atoms with van der Waals surface area (Å²) >= 11 is 3.11. The lowest BCUT2D eigenvalue weighted by atomic mass is 9.70. The first-order valence-electron chi connectivity index (χ1n) is 23.3. The van der Waals surface area contributed by atoms with Crippen molar-refractivity contribution in [3.8, 4) is 10.4 Å². The van der Waals surface area contributed by atoms with Gasteiger partial charge in [0.05, 0.1) is 54.0 Å². The molecule has 2 fully saturated rings. The maximum Gasteiger partial charge on any atom is 0.246 e. The first-order valence-corrected chi connectivity index (χ1v) is 25.1. The van der Waals surface area contributed by atoms with E-state index >= 15 is 0 Å². The smallest absolute Gasteiger partial charge is 0.246 e. The monoisotopic (exact) mass is 952 g/mol. The van der Waals surface area contributed by atoms with Crippen LogP contribution in [0.3, 0.4) is 0 Å². The molecule has 1 unspecified atom stereocenters. The molecule has 0 bridgehead atoms. The molecule has 5 heterocycles.